The van der Waals surface area contributed by atoms with Crippen molar-refractivity contribution in [3.63, 3.8) is 0 Å². The molecule has 1 fully saturated rings. The van der Waals surface area contributed by atoms with Crippen molar-refractivity contribution < 1.29 is 14.6 Å². The highest BCUT2D eigenvalue weighted by atomic mass is 35.5. The maximum Gasteiger partial charge on any atom is 0.263 e. The number of hydrogen-bond donors (Lipinski definition) is 2. The van der Waals surface area contributed by atoms with Crippen LogP contribution in [-0.4, -0.2) is 23.2 Å². The molecule has 6 heteroatoms. The lowest BCUT2D eigenvalue weighted by Crippen LogP contribution is -2.50. The number of aliphatic hydroxyl groups excluding tert-OH is 1. The van der Waals surface area contributed by atoms with Gasteiger partial charge < -0.3 is 15.2 Å². The number of rotatable bonds is 7. The highest BCUT2D eigenvalue weighted by molar-refractivity contribution is 7.12. The Balaban J connectivity index is 1.68. The summed E-state index contributed by atoms with van der Waals surface area (Å²) in [7, 11) is 0. The molecule has 0 aliphatic heterocycles. The van der Waals surface area contributed by atoms with Gasteiger partial charge in [0.2, 0.25) is 0 Å². The van der Waals surface area contributed by atoms with E-state index in [0.29, 0.717) is 17.3 Å². The topological polar surface area (TPSA) is 58.6 Å². The molecular weight excluding hydrogens is 394 g/mol. The SMILES string of the molecule is CC(O)c1ccc(C2(CNC(=O)C(C)(C)Oc3ccc(Cl)cc3)CCCC2)s1. The van der Waals surface area contributed by atoms with E-state index in [9.17, 15) is 9.90 Å². The summed E-state index contributed by atoms with van der Waals surface area (Å²) >= 11 is 7.57. The summed E-state index contributed by atoms with van der Waals surface area (Å²) in [4.78, 5) is 15.1. The lowest BCUT2D eigenvalue weighted by atomic mass is 9.84. The Hall–Kier alpha value is -1.56. The predicted molar refractivity (Wildman–Crippen MR) is 114 cm³/mol. The number of aliphatic hydroxyl groups is 1. The molecule has 4 nitrogen and oxygen atoms in total. The summed E-state index contributed by atoms with van der Waals surface area (Å²) < 4.78 is 5.91. The maximum absolute atomic E-state index is 12.9. The average Bonchev–Trinajstić information content (AvgIpc) is 3.31. The van der Waals surface area contributed by atoms with E-state index in [0.717, 1.165) is 30.6 Å². The lowest BCUT2D eigenvalue weighted by molar-refractivity contribution is -0.134. The summed E-state index contributed by atoms with van der Waals surface area (Å²) in [5.41, 5.74) is -1.04. The Bertz CT molecular complexity index is 807. The van der Waals surface area contributed by atoms with Crippen LogP contribution in [0.25, 0.3) is 0 Å². The van der Waals surface area contributed by atoms with E-state index in [1.807, 2.05) is 6.07 Å². The fourth-order valence-electron chi connectivity index (χ4n) is 3.73. The molecule has 3 rings (SSSR count). The number of hydrogen-bond acceptors (Lipinski definition) is 4. The van der Waals surface area contributed by atoms with Gasteiger partial charge in [-0.3, -0.25) is 4.79 Å². The normalized spacial score (nSPS) is 17.3. The molecule has 28 heavy (non-hydrogen) atoms. The molecule has 0 saturated heterocycles. The van der Waals surface area contributed by atoms with Crippen LogP contribution < -0.4 is 10.1 Å². The monoisotopic (exact) mass is 421 g/mol. The molecule has 1 aromatic carbocycles. The van der Waals surface area contributed by atoms with Crippen molar-refractivity contribution in [1.29, 1.82) is 0 Å². The first-order valence-electron chi connectivity index (χ1n) is 9.73. The van der Waals surface area contributed by atoms with Gasteiger partial charge in [0, 0.05) is 26.7 Å². The van der Waals surface area contributed by atoms with Gasteiger partial charge in [-0.1, -0.05) is 24.4 Å². The zero-order chi connectivity index (χ0) is 20.4. The zero-order valence-corrected chi connectivity index (χ0v) is 18.2. The molecule has 0 bridgehead atoms. The fraction of sp³-hybridized carbons (Fsp3) is 0.500. The number of amides is 1. The molecule has 1 aromatic heterocycles. The van der Waals surface area contributed by atoms with Gasteiger partial charge in [-0.05, 0) is 70.0 Å². The van der Waals surface area contributed by atoms with E-state index in [4.69, 9.17) is 16.3 Å². The summed E-state index contributed by atoms with van der Waals surface area (Å²) in [5.74, 6) is 0.473. The van der Waals surface area contributed by atoms with Crippen LogP contribution in [-0.2, 0) is 10.2 Å². The number of benzene rings is 1. The highest BCUT2D eigenvalue weighted by Crippen LogP contribution is 2.44. The van der Waals surface area contributed by atoms with Crippen LogP contribution in [0.3, 0.4) is 0 Å². The second-order valence-corrected chi connectivity index (χ2v) is 9.67. The third-order valence-electron chi connectivity index (χ3n) is 5.44. The number of thiophene rings is 1. The van der Waals surface area contributed by atoms with E-state index in [-0.39, 0.29) is 11.3 Å². The van der Waals surface area contributed by atoms with E-state index in [2.05, 4.69) is 11.4 Å². The smallest absolute Gasteiger partial charge is 0.263 e. The quantitative estimate of drug-likeness (QED) is 0.642. The van der Waals surface area contributed by atoms with Gasteiger partial charge in [0.1, 0.15) is 5.75 Å². The average molecular weight is 422 g/mol. The van der Waals surface area contributed by atoms with Crippen molar-refractivity contribution in [1.82, 2.24) is 5.32 Å². The van der Waals surface area contributed by atoms with Crippen molar-refractivity contribution in [3.8, 4) is 5.75 Å². The predicted octanol–water partition coefficient (Wildman–Crippen LogP) is 5.24. The first-order chi connectivity index (χ1) is 13.2. The van der Waals surface area contributed by atoms with Crippen LogP contribution >= 0.6 is 22.9 Å². The third-order valence-corrected chi connectivity index (χ3v) is 7.20. The lowest BCUT2D eigenvalue weighted by Gasteiger charge is -2.31. The summed E-state index contributed by atoms with van der Waals surface area (Å²) in [5, 5.41) is 13.6. The van der Waals surface area contributed by atoms with Crippen LogP contribution in [0.4, 0.5) is 0 Å². The molecule has 0 spiro atoms. The summed E-state index contributed by atoms with van der Waals surface area (Å²) in [6.45, 7) is 5.91. The molecular formula is C22H28ClNO3S. The first kappa shape index (κ1) is 21.2. The van der Waals surface area contributed by atoms with Crippen molar-refractivity contribution in [2.24, 2.45) is 0 Å². The van der Waals surface area contributed by atoms with Gasteiger partial charge in [-0.25, -0.2) is 0 Å². The van der Waals surface area contributed by atoms with Crippen LogP contribution in [0.2, 0.25) is 5.02 Å². The van der Waals surface area contributed by atoms with Gasteiger partial charge in [0.25, 0.3) is 5.91 Å². The standard InChI is InChI=1S/C22H28ClNO3S/c1-15(25)18-10-11-19(28-18)22(12-4-5-13-22)14-24-20(26)21(2,3)27-17-8-6-16(23)7-9-17/h6-11,15,25H,4-5,12-14H2,1-3H3,(H,24,26). The number of halogens is 1. The van der Waals surface area contributed by atoms with Crippen molar-refractivity contribution in [2.45, 2.75) is 63.6 Å². The van der Waals surface area contributed by atoms with Gasteiger partial charge in [-0.15, -0.1) is 11.3 Å². The molecule has 1 amide bonds. The number of nitrogens with one attached hydrogen (secondary N) is 1. The molecule has 1 aliphatic carbocycles. The maximum atomic E-state index is 12.9. The van der Waals surface area contributed by atoms with Crippen LogP contribution in [0.5, 0.6) is 5.75 Å². The Labute approximate surface area is 175 Å². The minimum atomic E-state index is -0.992. The van der Waals surface area contributed by atoms with Crippen molar-refractivity contribution >= 4 is 28.8 Å². The molecule has 1 heterocycles. The minimum absolute atomic E-state index is 0.0518. The second-order valence-electron chi connectivity index (χ2n) is 8.11. The molecule has 1 aliphatic rings. The van der Waals surface area contributed by atoms with Gasteiger partial charge >= 0.3 is 0 Å². The van der Waals surface area contributed by atoms with Gasteiger partial charge in [-0.2, -0.15) is 0 Å². The summed E-state index contributed by atoms with van der Waals surface area (Å²) in [6.07, 6.45) is 3.94. The minimum Gasteiger partial charge on any atom is -0.478 e. The Kier molecular flexibility index (Phi) is 6.37. The number of carbonyl (C=O) groups excluding carboxylic acids is 1. The van der Waals surface area contributed by atoms with Gasteiger partial charge in [0.15, 0.2) is 5.60 Å². The molecule has 1 atom stereocenters. The molecule has 1 unspecified atom stereocenters. The highest BCUT2D eigenvalue weighted by Gasteiger charge is 2.39. The Morgan fingerprint density at radius 1 is 1.25 bits per heavy atom. The summed E-state index contributed by atoms with van der Waals surface area (Å²) in [6, 6.07) is 11.1. The van der Waals surface area contributed by atoms with Crippen molar-refractivity contribution in [3.05, 3.63) is 51.2 Å². The van der Waals surface area contributed by atoms with E-state index < -0.39 is 11.7 Å². The van der Waals surface area contributed by atoms with E-state index in [1.54, 1.807) is 56.4 Å². The zero-order valence-electron chi connectivity index (χ0n) is 16.6. The molecule has 2 aromatic rings. The second kappa shape index (κ2) is 8.44. The van der Waals surface area contributed by atoms with E-state index in [1.165, 1.54) is 4.88 Å². The van der Waals surface area contributed by atoms with Crippen molar-refractivity contribution in [2.75, 3.05) is 6.54 Å². The van der Waals surface area contributed by atoms with E-state index >= 15 is 0 Å². The third kappa shape index (κ3) is 4.70. The molecule has 152 valence electrons. The molecule has 2 N–H and O–H groups in total. The van der Waals surface area contributed by atoms with Crippen LogP contribution in [0.15, 0.2) is 36.4 Å². The Morgan fingerprint density at radius 3 is 2.46 bits per heavy atom. The first-order valence-corrected chi connectivity index (χ1v) is 10.9. The largest absolute Gasteiger partial charge is 0.478 e. The van der Waals surface area contributed by atoms with Gasteiger partial charge in [0.05, 0.1) is 6.10 Å². The van der Waals surface area contributed by atoms with Crippen LogP contribution in [0.1, 0.15) is 62.3 Å². The number of carbonyl (C=O) groups is 1. The fourth-order valence-corrected chi connectivity index (χ4v) is 5.05. The van der Waals surface area contributed by atoms with Crippen LogP contribution in [0, 0.1) is 0 Å². The molecule has 1 saturated carbocycles. The molecule has 0 radical (unpaired) electrons. The Morgan fingerprint density at radius 2 is 1.89 bits per heavy atom. The number of ether oxygens (including phenoxy) is 1.